The minimum absolute atomic E-state index is 0.105. The Bertz CT molecular complexity index is 612. The van der Waals surface area contributed by atoms with E-state index < -0.39 is 10.0 Å². The number of aliphatic imine (C=N–C) groups is 1. The highest BCUT2D eigenvalue weighted by atomic mass is 32.2. The van der Waals surface area contributed by atoms with Crippen LogP contribution in [-0.4, -0.2) is 27.0 Å². The topological polar surface area (TPSA) is 96.6 Å². The summed E-state index contributed by atoms with van der Waals surface area (Å²) in [5.74, 6) is 1.19. The summed E-state index contributed by atoms with van der Waals surface area (Å²) >= 11 is 0. The number of sulfonamides is 1. The molecule has 0 aliphatic rings. The molecular weight excluding hydrogens is 300 g/mol. The van der Waals surface area contributed by atoms with E-state index in [1.165, 1.54) is 6.07 Å². The van der Waals surface area contributed by atoms with Crippen LogP contribution in [0.2, 0.25) is 0 Å². The second-order valence-corrected chi connectivity index (χ2v) is 7.13. The van der Waals surface area contributed by atoms with Gasteiger partial charge in [-0.3, -0.25) is 0 Å². The first kappa shape index (κ1) is 18.4. The monoisotopic (exact) mass is 326 g/mol. The van der Waals surface area contributed by atoms with Crippen LogP contribution < -0.4 is 15.8 Å². The zero-order valence-electron chi connectivity index (χ0n) is 13.6. The number of benzene rings is 1. The molecule has 1 unspecified atom stereocenters. The summed E-state index contributed by atoms with van der Waals surface area (Å²) in [6, 6.07) is 6.81. The number of primary sulfonamides is 1. The van der Waals surface area contributed by atoms with Gasteiger partial charge < -0.3 is 10.6 Å². The number of hydrogen-bond acceptors (Lipinski definition) is 3. The molecule has 4 N–H and O–H groups in total. The van der Waals surface area contributed by atoms with Crippen molar-refractivity contribution in [1.82, 2.24) is 10.6 Å². The predicted octanol–water partition coefficient (Wildman–Crippen LogP) is 1.43. The second kappa shape index (κ2) is 8.14. The number of rotatable bonds is 6. The smallest absolute Gasteiger partial charge is 0.238 e. The molecule has 0 saturated carbocycles. The zero-order valence-corrected chi connectivity index (χ0v) is 14.4. The van der Waals surface area contributed by atoms with Gasteiger partial charge in [0, 0.05) is 12.6 Å². The molecule has 0 aliphatic heterocycles. The van der Waals surface area contributed by atoms with Gasteiger partial charge >= 0.3 is 0 Å². The third-order valence-corrected chi connectivity index (χ3v) is 4.27. The Kier molecular flexibility index (Phi) is 6.83. The third kappa shape index (κ3) is 6.03. The Labute approximate surface area is 133 Å². The molecule has 22 heavy (non-hydrogen) atoms. The first-order chi connectivity index (χ1) is 10.2. The maximum Gasteiger partial charge on any atom is 0.238 e. The molecule has 0 amide bonds. The zero-order chi connectivity index (χ0) is 16.8. The van der Waals surface area contributed by atoms with E-state index in [1.807, 2.05) is 13.0 Å². The third-order valence-electron chi connectivity index (χ3n) is 3.36. The SMILES string of the molecule is CCNC(=NCc1cccc(S(N)(=O)=O)c1)NC(C)C(C)C. The van der Waals surface area contributed by atoms with E-state index in [1.54, 1.807) is 12.1 Å². The molecule has 1 aromatic carbocycles. The number of nitrogens with two attached hydrogens (primary N) is 1. The number of nitrogens with one attached hydrogen (secondary N) is 2. The van der Waals surface area contributed by atoms with Gasteiger partial charge in [-0.15, -0.1) is 0 Å². The fourth-order valence-corrected chi connectivity index (χ4v) is 2.28. The quantitative estimate of drug-likeness (QED) is 0.544. The molecule has 7 heteroatoms. The van der Waals surface area contributed by atoms with Crippen LogP contribution in [0.5, 0.6) is 0 Å². The van der Waals surface area contributed by atoms with Gasteiger partial charge in [-0.2, -0.15) is 0 Å². The van der Waals surface area contributed by atoms with Crippen molar-refractivity contribution >= 4 is 16.0 Å². The summed E-state index contributed by atoms with van der Waals surface area (Å²) in [5, 5.41) is 11.6. The molecule has 6 nitrogen and oxygen atoms in total. The highest BCUT2D eigenvalue weighted by Crippen LogP contribution is 2.10. The summed E-state index contributed by atoms with van der Waals surface area (Å²) in [4.78, 5) is 4.59. The molecular formula is C15H26N4O2S. The summed E-state index contributed by atoms with van der Waals surface area (Å²) < 4.78 is 22.7. The van der Waals surface area contributed by atoms with Crippen molar-refractivity contribution in [2.45, 2.75) is 45.2 Å². The Balaban J connectivity index is 2.86. The fraction of sp³-hybridized carbons (Fsp3) is 0.533. The van der Waals surface area contributed by atoms with E-state index in [2.05, 4.69) is 36.4 Å². The minimum atomic E-state index is -3.68. The molecule has 0 spiro atoms. The van der Waals surface area contributed by atoms with Gasteiger partial charge in [-0.25, -0.2) is 18.5 Å². The van der Waals surface area contributed by atoms with Crippen LogP contribution in [0.15, 0.2) is 34.2 Å². The van der Waals surface area contributed by atoms with Gasteiger partial charge in [-0.1, -0.05) is 26.0 Å². The van der Waals surface area contributed by atoms with Gasteiger partial charge in [0.25, 0.3) is 0 Å². The number of hydrogen-bond donors (Lipinski definition) is 3. The van der Waals surface area contributed by atoms with Crippen LogP contribution in [0, 0.1) is 5.92 Å². The predicted molar refractivity (Wildman–Crippen MR) is 90.1 cm³/mol. The molecule has 1 aromatic rings. The molecule has 0 aromatic heterocycles. The second-order valence-electron chi connectivity index (χ2n) is 5.56. The molecule has 0 bridgehead atoms. The highest BCUT2D eigenvalue weighted by Gasteiger charge is 2.10. The van der Waals surface area contributed by atoms with Crippen molar-refractivity contribution in [3.8, 4) is 0 Å². The molecule has 1 rings (SSSR count). The minimum Gasteiger partial charge on any atom is -0.357 e. The van der Waals surface area contributed by atoms with Crippen LogP contribution in [0.3, 0.4) is 0 Å². The first-order valence-electron chi connectivity index (χ1n) is 7.40. The van der Waals surface area contributed by atoms with Crippen molar-refractivity contribution in [3.63, 3.8) is 0 Å². The molecule has 124 valence electrons. The van der Waals surface area contributed by atoms with E-state index in [-0.39, 0.29) is 10.9 Å². The Hall–Kier alpha value is -1.60. The van der Waals surface area contributed by atoms with E-state index in [0.29, 0.717) is 18.4 Å². The van der Waals surface area contributed by atoms with Crippen molar-refractivity contribution in [2.75, 3.05) is 6.54 Å². The van der Waals surface area contributed by atoms with Crippen LogP contribution >= 0.6 is 0 Å². The number of nitrogens with zero attached hydrogens (tertiary/aromatic N) is 1. The average Bonchev–Trinajstić information content (AvgIpc) is 2.44. The van der Waals surface area contributed by atoms with Gasteiger partial charge in [-0.05, 0) is 37.5 Å². The molecule has 0 aliphatic carbocycles. The number of guanidine groups is 1. The lowest BCUT2D eigenvalue weighted by atomic mass is 10.1. The lowest BCUT2D eigenvalue weighted by Crippen LogP contribution is -2.44. The Morgan fingerprint density at radius 2 is 2.00 bits per heavy atom. The van der Waals surface area contributed by atoms with Crippen LogP contribution in [0.25, 0.3) is 0 Å². The van der Waals surface area contributed by atoms with Gasteiger partial charge in [0.1, 0.15) is 0 Å². The Morgan fingerprint density at radius 1 is 1.32 bits per heavy atom. The van der Waals surface area contributed by atoms with E-state index in [4.69, 9.17) is 5.14 Å². The van der Waals surface area contributed by atoms with Crippen molar-refractivity contribution in [2.24, 2.45) is 16.0 Å². The van der Waals surface area contributed by atoms with Gasteiger partial charge in [0.15, 0.2) is 5.96 Å². The lowest BCUT2D eigenvalue weighted by molar-refractivity contribution is 0.481. The molecule has 0 fully saturated rings. The van der Waals surface area contributed by atoms with E-state index in [0.717, 1.165) is 12.1 Å². The average molecular weight is 326 g/mol. The molecule has 1 atom stereocenters. The van der Waals surface area contributed by atoms with Crippen molar-refractivity contribution in [3.05, 3.63) is 29.8 Å². The largest absolute Gasteiger partial charge is 0.357 e. The van der Waals surface area contributed by atoms with Crippen molar-refractivity contribution in [1.29, 1.82) is 0 Å². The first-order valence-corrected chi connectivity index (χ1v) is 8.95. The van der Waals surface area contributed by atoms with Crippen LogP contribution in [0.1, 0.15) is 33.3 Å². The lowest BCUT2D eigenvalue weighted by Gasteiger charge is -2.20. The normalized spacial score (nSPS) is 14.0. The van der Waals surface area contributed by atoms with Gasteiger partial charge in [0.05, 0.1) is 11.4 Å². The maximum atomic E-state index is 11.4. The highest BCUT2D eigenvalue weighted by molar-refractivity contribution is 7.89. The van der Waals surface area contributed by atoms with Gasteiger partial charge in [0.2, 0.25) is 10.0 Å². The molecule has 0 heterocycles. The summed E-state index contributed by atoms with van der Waals surface area (Å²) in [6.07, 6.45) is 0. The Morgan fingerprint density at radius 3 is 2.55 bits per heavy atom. The standard InChI is InChI=1S/C15H26N4O2S/c1-5-17-15(19-12(4)11(2)3)18-10-13-7-6-8-14(9-13)22(16,20)21/h6-9,11-12H,5,10H2,1-4H3,(H2,16,20,21)(H2,17,18,19). The van der Waals surface area contributed by atoms with Crippen molar-refractivity contribution < 1.29 is 8.42 Å². The molecule has 0 saturated heterocycles. The van der Waals surface area contributed by atoms with Crippen LogP contribution in [0.4, 0.5) is 0 Å². The van der Waals surface area contributed by atoms with E-state index >= 15 is 0 Å². The summed E-state index contributed by atoms with van der Waals surface area (Å²) in [7, 11) is -3.68. The molecule has 0 radical (unpaired) electrons. The van der Waals surface area contributed by atoms with E-state index in [9.17, 15) is 8.42 Å². The summed E-state index contributed by atoms with van der Waals surface area (Å²) in [6.45, 7) is 9.50. The fourth-order valence-electron chi connectivity index (χ4n) is 1.69. The summed E-state index contributed by atoms with van der Waals surface area (Å²) in [5.41, 5.74) is 0.793. The van der Waals surface area contributed by atoms with Crippen LogP contribution in [-0.2, 0) is 16.6 Å². The maximum absolute atomic E-state index is 11.4.